The van der Waals surface area contributed by atoms with Crippen molar-refractivity contribution in [1.82, 2.24) is 4.98 Å². The number of pyridine rings is 1. The number of nitrogens with zero attached hydrogens (tertiary/aromatic N) is 1. The van der Waals surface area contributed by atoms with Crippen LogP contribution in [0.15, 0.2) is 42.2 Å². The fourth-order valence-electron chi connectivity index (χ4n) is 2.47. The Morgan fingerprint density at radius 3 is 2.90 bits per heavy atom. The van der Waals surface area contributed by atoms with Gasteiger partial charge in [-0.25, -0.2) is 0 Å². The van der Waals surface area contributed by atoms with Gasteiger partial charge in [0.1, 0.15) is 12.4 Å². The molecule has 0 saturated carbocycles. The molecule has 0 unspecified atom stereocenters. The number of carbonyl (C=O) groups excluding carboxylic acids is 1. The summed E-state index contributed by atoms with van der Waals surface area (Å²) in [6, 6.07) is 7.69. The van der Waals surface area contributed by atoms with Gasteiger partial charge >= 0.3 is 0 Å². The third kappa shape index (κ3) is 2.23. The highest BCUT2D eigenvalue weighted by molar-refractivity contribution is 6.14. The van der Waals surface area contributed by atoms with E-state index in [1.807, 2.05) is 44.2 Å². The number of Topliss-reactive ketones (excluding diaryl/α,β-unsaturated/α-hetero) is 1. The minimum Gasteiger partial charge on any atom is -0.488 e. The summed E-state index contributed by atoms with van der Waals surface area (Å²) in [5.74, 6) is 0.755. The number of aromatic nitrogens is 1. The topological polar surface area (TPSA) is 39.2 Å². The van der Waals surface area contributed by atoms with E-state index in [9.17, 15) is 4.79 Å². The van der Waals surface area contributed by atoms with E-state index in [4.69, 9.17) is 4.74 Å². The number of aryl methyl sites for hydroxylation is 2. The van der Waals surface area contributed by atoms with Gasteiger partial charge in [-0.3, -0.25) is 9.78 Å². The second kappa shape index (κ2) is 4.93. The van der Waals surface area contributed by atoms with Gasteiger partial charge < -0.3 is 4.74 Å². The van der Waals surface area contributed by atoms with E-state index in [2.05, 4.69) is 4.98 Å². The van der Waals surface area contributed by atoms with Crippen molar-refractivity contribution in [2.75, 3.05) is 6.61 Å². The molecule has 0 N–H and O–H groups in total. The summed E-state index contributed by atoms with van der Waals surface area (Å²) in [6.07, 6.45) is 5.29. The van der Waals surface area contributed by atoms with Crippen LogP contribution in [0.2, 0.25) is 0 Å². The highest BCUT2D eigenvalue weighted by atomic mass is 16.5. The zero-order valence-electron chi connectivity index (χ0n) is 11.5. The number of benzene rings is 1. The largest absolute Gasteiger partial charge is 0.488 e. The van der Waals surface area contributed by atoms with Gasteiger partial charge in [0.2, 0.25) is 0 Å². The molecule has 100 valence electrons. The van der Waals surface area contributed by atoms with Gasteiger partial charge in [0.25, 0.3) is 0 Å². The van der Waals surface area contributed by atoms with E-state index in [0.717, 1.165) is 16.7 Å². The summed E-state index contributed by atoms with van der Waals surface area (Å²) in [4.78, 5) is 16.6. The molecule has 0 fully saturated rings. The van der Waals surface area contributed by atoms with Crippen molar-refractivity contribution in [3.05, 3.63) is 64.5 Å². The quantitative estimate of drug-likeness (QED) is 0.742. The molecule has 20 heavy (non-hydrogen) atoms. The van der Waals surface area contributed by atoms with Crippen LogP contribution in [-0.4, -0.2) is 17.4 Å². The summed E-state index contributed by atoms with van der Waals surface area (Å²) < 4.78 is 5.75. The maximum atomic E-state index is 12.6. The zero-order valence-corrected chi connectivity index (χ0v) is 11.5. The first-order valence-corrected chi connectivity index (χ1v) is 6.54. The van der Waals surface area contributed by atoms with Crippen LogP contribution in [0.25, 0.3) is 6.08 Å². The molecule has 1 aromatic heterocycles. The van der Waals surface area contributed by atoms with Crippen molar-refractivity contribution in [3.63, 3.8) is 0 Å². The van der Waals surface area contributed by atoms with Crippen LogP contribution < -0.4 is 4.74 Å². The highest BCUT2D eigenvalue weighted by Crippen LogP contribution is 2.32. The Hall–Kier alpha value is -2.42. The summed E-state index contributed by atoms with van der Waals surface area (Å²) >= 11 is 0. The van der Waals surface area contributed by atoms with Crippen molar-refractivity contribution in [2.24, 2.45) is 0 Å². The van der Waals surface area contributed by atoms with Crippen LogP contribution >= 0.6 is 0 Å². The van der Waals surface area contributed by atoms with Crippen molar-refractivity contribution >= 4 is 11.9 Å². The fraction of sp³-hybridized carbons (Fsp3) is 0.176. The molecule has 1 aromatic carbocycles. The highest BCUT2D eigenvalue weighted by Gasteiger charge is 2.24. The average Bonchev–Trinajstić information content (AvgIpc) is 2.43. The van der Waals surface area contributed by atoms with Crippen molar-refractivity contribution in [1.29, 1.82) is 0 Å². The van der Waals surface area contributed by atoms with Gasteiger partial charge in [-0.15, -0.1) is 0 Å². The third-order valence-corrected chi connectivity index (χ3v) is 3.35. The van der Waals surface area contributed by atoms with Gasteiger partial charge in [0.15, 0.2) is 5.78 Å². The molecular weight excluding hydrogens is 250 g/mol. The maximum absolute atomic E-state index is 12.6. The summed E-state index contributed by atoms with van der Waals surface area (Å²) in [5.41, 5.74) is 4.31. The molecule has 0 radical (unpaired) electrons. The molecule has 0 spiro atoms. The molecule has 3 heteroatoms. The Balaban J connectivity index is 2.03. The molecular formula is C17H15NO2. The molecule has 2 aromatic rings. The van der Waals surface area contributed by atoms with E-state index >= 15 is 0 Å². The summed E-state index contributed by atoms with van der Waals surface area (Å²) in [7, 11) is 0. The van der Waals surface area contributed by atoms with Gasteiger partial charge in [-0.2, -0.15) is 0 Å². The van der Waals surface area contributed by atoms with E-state index in [1.165, 1.54) is 0 Å². The normalized spacial score (nSPS) is 15.9. The molecule has 0 amide bonds. The van der Waals surface area contributed by atoms with E-state index in [1.54, 1.807) is 12.4 Å². The van der Waals surface area contributed by atoms with Crippen LogP contribution in [0.1, 0.15) is 27.0 Å². The van der Waals surface area contributed by atoms with Gasteiger partial charge in [-0.1, -0.05) is 12.1 Å². The average molecular weight is 265 g/mol. The number of ketones is 1. The molecule has 0 saturated heterocycles. The Kier molecular flexibility index (Phi) is 3.11. The third-order valence-electron chi connectivity index (χ3n) is 3.35. The van der Waals surface area contributed by atoms with Crippen molar-refractivity contribution in [3.8, 4) is 5.75 Å². The number of fused-ring (bicyclic) bond motifs is 1. The van der Waals surface area contributed by atoms with Crippen molar-refractivity contribution < 1.29 is 9.53 Å². The second-order valence-corrected chi connectivity index (χ2v) is 5.03. The minimum atomic E-state index is 0.0434. The lowest BCUT2D eigenvalue weighted by Gasteiger charge is -2.21. The lowest BCUT2D eigenvalue weighted by atomic mass is 9.95. The molecule has 2 heterocycles. The first-order valence-electron chi connectivity index (χ1n) is 6.54. The van der Waals surface area contributed by atoms with E-state index in [-0.39, 0.29) is 5.78 Å². The number of hydrogen-bond donors (Lipinski definition) is 0. The number of rotatable bonds is 1. The lowest BCUT2D eigenvalue weighted by molar-refractivity contribution is 0.100. The zero-order chi connectivity index (χ0) is 14.1. The molecule has 0 bridgehead atoms. The molecule has 3 rings (SSSR count). The summed E-state index contributed by atoms with van der Waals surface area (Å²) in [6.45, 7) is 4.26. The number of ether oxygens (including phenoxy) is 1. The van der Waals surface area contributed by atoms with Crippen molar-refractivity contribution in [2.45, 2.75) is 13.8 Å². The first kappa shape index (κ1) is 12.6. The maximum Gasteiger partial charge on any atom is 0.196 e. The first-order chi connectivity index (χ1) is 9.65. The monoisotopic (exact) mass is 265 g/mol. The van der Waals surface area contributed by atoms with Gasteiger partial charge in [0, 0.05) is 18.0 Å². The van der Waals surface area contributed by atoms with E-state index in [0.29, 0.717) is 23.5 Å². The van der Waals surface area contributed by atoms with Crippen LogP contribution in [-0.2, 0) is 0 Å². The number of carbonyl (C=O) groups is 1. The standard InChI is InChI=1S/C17H15NO2/c1-11-6-12(2)17-15(7-11)16(19)14(10-20-17)8-13-4-3-5-18-9-13/h3-9H,10H2,1-2H3/b14-8-. The summed E-state index contributed by atoms with van der Waals surface area (Å²) in [5, 5.41) is 0. The van der Waals surface area contributed by atoms with Crippen LogP contribution in [0.4, 0.5) is 0 Å². The molecule has 3 nitrogen and oxygen atoms in total. The fourth-order valence-corrected chi connectivity index (χ4v) is 2.47. The number of hydrogen-bond acceptors (Lipinski definition) is 3. The smallest absolute Gasteiger partial charge is 0.196 e. The van der Waals surface area contributed by atoms with Crippen LogP contribution in [0.3, 0.4) is 0 Å². The molecule has 0 aliphatic carbocycles. The minimum absolute atomic E-state index is 0.0434. The van der Waals surface area contributed by atoms with Crippen LogP contribution in [0.5, 0.6) is 5.75 Å². The SMILES string of the molecule is Cc1cc(C)c2c(c1)C(=O)/C(=C\c1cccnc1)CO2. The Morgan fingerprint density at radius 2 is 2.15 bits per heavy atom. The Bertz CT molecular complexity index is 702. The Labute approximate surface area is 117 Å². The predicted octanol–water partition coefficient (Wildman–Crippen LogP) is 3.36. The predicted molar refractivity (Wildman–Crippen MR) is 78.0 cm³/mol. The van der Waals surface area contributed by atoms with Gasteiger partial charge in [0.05, 0.1) is 5.56 Å². The second-order valence-electron chi connectivity index (χ2n) is 5.03. The molecule has 1 aliphatic rings. The van der Waals surface area contributed by atoms with Gasteiger partial charge in [-0.05, 0) is 48.7 Å². The lowest BCUT2D eigenvalue weighted by Crippen LogP contribution is -2.20. The molecule has 1 aliphatic heterocycles. The Morgan fingerprint density at radius 1 is 1.30 bits per heavy atom. The van der Waals surface area contributed by atoms with Crippen LogP contribution in [0, 0.1) is 13.8 Å². The van der Waals surface area contributed by atoms with E-state index < -0.39 is 0 Å². The molecule has 0 atom stereocenters.